The average Bonchev–Trinajstić information content (AvgIpc) is 2.92. The minimum absolute atomic E-state index is 0.00412. The number of piperidine rings is 1. The Kier molecular flexibility index (Phi) is 8.25. The van der Waals surface area contributed by atoms with Crippen LogP contribution < -0.4 is 0 Å². The molecule has 182 valence electrons. The van der Waals surface area contributed by atoms with Crippen LogP contribution in [0.25, 0.3) is 6.08 Å². The van der Waals surface area contributed by atoms with Gasteiger partial charge in [-0.15, -0.1) is 0 Å². The van der Waals surface area contributed by atoms with Gasteiger partial charge in [0.2, 0.25) is 11.8 Å². The lowest BCUT2D eigenvalue weighted by Crippen LogP contribution is -2.43. The van der Waals surface area contributed by atoms with Gasteiger partial charge in [0.1, 0.15) is 5.82 Å². The van der Waals surface area contributed by atoms with Crippen LogP contribution in [-0.2, 0) is 22.7 Å². The van der Waals surface area contributed by atoms with Crippen LogP contribution in [-0.4, -0.2) is 34.7 Å². The van der Waals surface area contributed by atoms with Crippen molar-refractivity contribution in [3.05, 3.63) is 113 Å². The minimum atomic E-state index is -0.339. The summed E-state index contributed by atoms with van der Waals surface area (Å²) in [6, 6.07) is 25.2. The van der Waals surface area contributed by atoms with Crippen LogP contribution in [0.1, 0.15) is 35.1 Å². The van der Waals surface area contributed by atoms with Gasteiger partial charge in [-0.25, -0.2) is 4.39 Å². The summed E-state index contributed by atoms with van der Waals surface area (Å²) < 4.78 is 13.8. The first-order valence-corrected chi connectivity index (χ1v) is 12.1. The van der Waals surface area contributed by atoms with Gasteiger partial charge in [-0.1, -0.05) is 54.6 Å². The zero-order chi connectivity index (χ0) is 25.3. The van der Waals surface area contributed by atoms with Gasteiger partial charge < -0.3 is 9.80 Å². The fraction of sp³-hybridized carbons (Fsp3) is 0.233. The second kappa shape index (κ2) is 11.9. The van der Waals surface area contributed by atoms with E-state index in [2.05, 4.69) is 6.07 Å². The third kappa shape index (κ3) is 6.67. The van der Waals surface area contributed by atoms with E-state index < -0.39 is 0 Å². The lowest BCUT2D eigenvalue weighted by molar-refractivity contribution is -0.140. The molecule has 0 saturated carbocycles. The maximum Gasteiger partial charge on any atom is 0.246 e. The first-order valence-electron chi connectivity index (χ1n) is 12.1. The molecule has 1 aliphatic heterocycles. The molecule has 36 heavy (non-hydrogen) atoms. The van der Waals surface area contributed by atoms with Crippen molar-refractivity contribution < 1.29 is 14.0 Å². The molecule has 0 spiro atoms. The number of nitrogens with zero attached hydrogens (tertiary/aromatic N) is 3. The molecule has 0 atom stereocenters. The number of carbonyl (C=O) groups is 2. The number of likely N-dealkylation sites (tertiary alicyclic amines) is 1. The second-order valence-corrected chi connectivity index (χ2v) is 8.98. The predicted molar refractivity (Wildman–Crippen MR) is 137 cm³/mol. The molecule has 0 N–H and O–H groups in total. The maximum atomic E-state index is 13.8. The van der Waals surface area contributed by atoms with Crippen LogP contribution in [0.15, 0.2) is 84.9 Å². The first-order chi connectivity index (χ1) is 17.5. The van der Waals surface area contributed by atoms with E-state index in [9.17, 15) is 14.0 Å². The van der Waals surface area contributed by atoms with Crippen molar-refractivity contribution in [1.29, 1.82) is 5.26 Å². The standard InChI is InChI=1S/C30H28FN3O2/c31-28-8-4-7-26(19-28)22-34(21-25-11-9-24(20-32)10-12-25)30(36)27-15-17-33(18-16-27)29(35)14-13-23-5-2-1-3-6-23/h1-14,19,27H,15-18,21-22H2/b14-13+. The number of carbonyl (C=O) groups excluding carboxylic acids is 2. The number of nitriles is 1. The van der Waals surface area contributed by atoms with Crippen molar-refractivity contribution >= 4 is 17.9 Å². The van der Waals surface area contributed by atoms with Crippen LogP contribution in [0.3, 0.4) is 0 Å². The van der Waals surface area contributed by atoms with E-state index in [4.69, 9.17) is 5.26 Å². The van der Waals surface area contributed by atoms with Gasteiger partial charge in [-0.05, 0) is 59.9 Å². The van der Waals surface area contributed by atoms with Gasteiger partial charge in [0.25, 0.3) is 0 Å². The van der Waals surface area contributed by atoms with Crippen molar-refractivity contribution in [2.75, 3.05) is 13.1 Å². The molecule has 1 heterocycles. The number of amides is 2. The fourth-order valence-corrected chi connectivity index (χ4v) is 4.41. The Labute approximate surface area is 211 Å². The van der Waals surface area contributed by atoms with Crippen LogP contribution in [0.5, 0.6) is 0 Å². The summed E-state index contributed by atoms with van der Waals surface area (Å²) in [6.07, 6.45) is 4.55. The molecule has 1 fully saturated rings. The lowest BCUT2D eigenvalue weighted by atomic mass is 9.94. The van der Waals surface area contributed by atoms with E-state index in [-0.39, 0.29) is 30.1 Å². The van der Waals surface area contributed by atoms with Crippen molar-refractivity contribution in [1.82, 2.24) is 9.80 Å². The number of rotatable bonds is 7. The molecular formula is C30H28FN3O2. The second-order valence-electron chi connectivity index (χ2n) is 8.98. The maximum absolute atomic E-state index is 13.8. The average molecular weight is 482 g/mol. The predicted octanol–water partition coefficient (Wildman–Crippen LogP) is 5.18. The van der Waals surface area contributed by atoms with Crippen molar-refractivity contribution in [2.45, 2.75) is 25.9 Å². The van der Waals surface area contributed by atoms with E-state index in [0.29, 0.717) is 38.0 Å². The smallest absolute Gasteiger partial charge is 0.246 e. The third-order valence-corrected chi connectivity index (χ3v) is 6.40. The van der Waals surface area contributed by atoms with E-state index in [0.717, 1.165) is 16.7 Å². The molecule has 0 aromatic heterocycles. The highest BCUT2D eigenvalue weighted by Crippen LogP contribution is 2.23. The molecule has 0 radical (unpaired) electrons. The van der Waals surface area contributed by atoms with Crippen LogP contribution in [0.4, 0.5) is 4.39 Å². The Hall–Kier alpha value is -4.24. The summed E-state index contributed by atoms with van der Waals surface area (Å²) >= 11 is 0. The molecule has 1 saturated heterocycles. The van der Waals surface area contributed by atoms with Crippen LogP contribution in [0.2, 0.25) is 0 Å². The molecule has 4 rings (SSSR count). The Balaban J connectivity index is 1.41. The van der Waals surface area contributed by atoms with Gasteiger partial charge in [-0.2, -0.15) is 5.26 Å². The van der Waals surface area contributed by atoms with Crippen LogP contribution >= 0.6 is 0 Å². The molecule has 3 aromatic rings. The van der Waals surface area contributed by atoms with Crippen molar-refractivity contribution in [2.24, 2.45) is 5.92 Å². The molecule has 2 amide bonds. The number of hydrogen-bond donors (Lipinski definition) is 0. The highest BCUT2D eigenvalue weighted by atomic mass is 19.1. The summed E-state index contributed by atoms with van der Waals surface area (Å²) in [7, 11) is 0. The van der Waals surface area contributed by atoms with Gasteiger partial charge in [-0.3, -0.25) is 9.59 Å². The van der Waals surface area contributed by atoms with Crippen molar-refractivity contribution in [3.8, 4) is 6.07 Å². The molecular weight excluding hydrogens is 453 g/mol. The summed E-state index contributed by atoms with van der Waals surface area (Å²) in [6.45, 7) is 1.67. The molecule has 5 nitrogen and oxygen atoms in total. The van der Waals surface area contributed by atoms with E-state index in [1.165, 1.54) is 12.1 Å². The van der Waals surface area contributed by atoms with E-state index in [1.54, 1.807) is 40.2 Å². The molecule has 1 aliphatic rings. The van der Waals surface area contributed by atoms with Gasteiger partial charge in [0, 0.05) is 38.2 Å². The zero-order valence-electron chi connectivity index (χ0n) is 20.0. The van der Waals surface area contributed by atoms with Gasteiger partial charge in [0.15, 0.2) is 0 Å². The monoisotopic (exact) mass is 481 g/mol. The largest absolute Gasteiger partial charge is 0.339 e. The topological polar surface area (TPSA) is 64.4 Å². The Morgan fingerprint density at radius 1 is 0.944 bits per heavy atom. The molecule has 3 aromatic carbocycles. The molecule has 0 aliphatic carbocycles. The van der Waals surface area contributed by atoms with E-state index in [1.807, 2.05) is 48.5 Å². The third-order valence-electron chi connectivity index (χ3n) is 6.40. The first kappa shape index (κ1) is 24.9. The lowest BCUT2D eigenvalue weighted by Gasteiger charge is -2.34. The van der Waals surface area contributed by atoms with Gasteiger partial charge in [0.05, 0.1) is 11.6 Å². The molecule has 0 bridgehead atoms. The molecule has 6 heteroatoms. The minimum Gasteiger partial charge on any atom is -0.339 e. The summed E-state index contributed by atoms with van der Waals surface area (Å²) in [5.74, 6) is -0.609. The highest BCUT2D eigenvalue weighted by molar-refractivity contribution is 5.92. The molecule has 0 unspecified atom stereocenters. The Morgan fingerprint density at radius 2 is 1.64 bits per heavy atom. The fourth-order valence-electron chi connectivity index (χ4n) is 4.41. The summed E-state index contributed by atoms with van der Waals surface area (Å²) in [5, 5.41) is 9.06. The van der Waals surface area contributed by atoms with Crippen LogP contribution in [0, 0.1) is 23.1 Å². The quantitative estimate of drug-likeness (QED) is 0.437. The van der Waals surface area contributed by atoms with Crippen molar-refractivity contribution in [3.63, 3.8) is 0 Å². The van der Waals surface area contributed by atoms with Gasteiger partial charge >= 0.3 is 0 Å². The normalized spacial score (nSPS) is 13.9. The number of halogens is 1. The Bertz CT molecular complexity index is 1260. The SMILES string of the molecule is N#Cc1ccc(CN(Cc2cccc(F)c2)C(=O)C2CCN(C(=O)/C=C/c3ccccc3)CC2)cc1. The number of hydrogen-bond acceptors (Lipinski definition) is 3. The summed E-state index contributed by atoms with van der Waals surface area (Å²) in [4.78, 5) is 29.7. The number of benzene rings is 3. The highest BCUT2D eigenvalue weighted by Gasteiger charge is 2.30. The summed E-state index contributed by atoms with van der Waals surface area (Å²) in [5.41, 5.74) is 3.14. The van der Waals surface area contributed by atoms with E-state index >= 15 is 0 Å². The Morgan fingerprint density at radius 3 is 2.31 bits per heavy atom. The zero-order valence-corrected chi connectivity index (χ0v) is 20.0.